The summed E-state index contributed by atoms with van der Waals surface area (Å²) in [5.74, 6) is 1.80. The van der Waals surface area contributed by atoms with Gasteiger partial charge in [0.2, 0.25) is 0 Å². The first-order valence-corrected chi connectivity index (χ1v) is 7.10. The second-order valence-corrected chi connectivity index (χ2v) is 5.89. The normalized spacial score (nSPS) is 29.0. The van der Waals surface area contributed by atoms with Crippen LogP contribution in [0.4, 0.5) is 5.82 Å². The van der Waals surface area contributed by atoms with Gasteiger partial charge in [-0.25, -0.2) is 4.98 Å². The van der Waals surface area contributed by atoms with Crippen LogP contribution in [-0.4, -0.2) is 23.7 Å². The Morgan fingerprint density at radius 3 is 2.88 bits per heavy atom. The number of nitrogens with zero attached hydrogens (tertiary/aromatic N) is 1. The van der Waals surface area contributed by atoms with Crippen LogP contribution in [0.5, 0.6) is 0 Å². The van der Waals surface area contributed by atoms with Gasteiger partial charge in [0, 0.05) is 23.3 Å². The summed E-state index contributed by atoms with van der Waals surface area (Å²) in [7, 11) is 0. The van der Waals surface area contributed by atoms with Gasteiger partial charge in [-0.2, -0.15) is 0 Å². The first-order valence-electron chi connectivity index (χ1n) is 6.31. The van der Waals surface area contributed by atoms with E-state index in [0.29, 0.717) is 12.1 Å². The topological polar surface area (TPSA) is 34.1 Å². The van der Waals surface area contributed by atoms with Crippen molar-refractivity contribution in [1.82, 2.24) is 4.98 Å². The zero-order valence-corrected chi connectivity index (χ0v) is 11.3. The zero-order valence-electron chi connectivity index (χ0n) is 9.73. The average molecular weight is 297 g/mol. The van der Waals surface area contributed by atoms with Crippen molar-refractivity contribution in [1.29, 1.82) is 0 Å². The number of anilines is 1. The molecular weight excluding hydrogens is 280 g/mol. The van der Waals surface area contributed by atoms with Gasteiger partial charge in [-0.15, -0.1) is 0 Å². The van der Waals surface area contributed by atoms with Crippen LogP contribution in [0, 0.1) is 5.92 Å². The Kier molecular flexibility index (Phi) is 3.34. The van der Waals surface area contributed by atoms with Crippen molar-refractivity contribution in [2.75, 3.05) is 11.9 Å². The lowest BCUT2D eigenvalue weighted by molar-refractivity contribution is -0.00223. The van der Waals surface area contributed by atoms with Crippen molar-refractivity contribution >= 4 is 21.7 Å². The van der Waals surface area contributed by atoms with Crippen LogP contribution in [0.25, 0.3) is 0 Å². The second-order valence-electron chi connectivity index (χ2n) is 4.97. The molecular formula is C13H17BrN2O. The minimum atomic E-state index is 0.483. The molecule has 2 aliphatic rings. The fourth-order valence-corrected chi connectivity index (χ4v) is 2.66. The molecule has 2 fully saturated rings. The molecule has 3 rings (SSSR count). The van der Waals surface area contributed by atoms with Gasteiger partial charge >= 0.3 is 0 Å². The van der Waals surface area contributed by atoms with Gasteiger partial charge < -0.3 is 10.1 Å². The highest BCUT2D eigenvalue weighted by molar-refractivity contribution is 9.10. The maximum absolute atomic E-state index is 5.82. The molecule has 92 valence electrons. The van der Waals surface area contributed by atoms with Crippen LogP contribution < -0.4 is 5.32 Å². The number of ether oxygens (including phenoxy) is 1. The Morgan fingerprint density at radius 2 is 2.18 bits per heavy atom. The van der Waals surface area contributed by atoms with Gasteiger partial charge in [0.25, 0.3) is 0 Å². The SMILES string of the molecule is Brc1ccc(NC2CCOC(C3CC3)C2)nc1. The van der Waals surface area contributed by atoms with Crippen molar-refractivity contribution < 1.29 is 4.74 Å². The Hall–Kier alpha value is -0.610. The molecule has 2 unspecified atom stereocenters. The van der Waals surface area contributed by atoms with Gasteiger partial charge in [-0.1, -0.05) is 0 Å². The van der Waals surface area contributed by atoms with Crippen molar-refractivity contribution in [2.24, 2.45) is 5.92 Å². The molecule has 17 heavy (non-hydrogen) atoms. The molecule has 1 saturated carbocycles. The highest BCUT2D eigenvalue weighted by Crippen LogP contribution is 2.38. The summed E-state index contributed by atoms with van der Waals surface area (Å²) in [5, 5.41) is 3.51. The quantitative estimate of drug-likeness (QED) is 0.930. The maximum Gasteiger partial charge on any atom is 0.126 e. The highest BCUT2D eigenvalue weighted by atomic mass is 79.9. The molecule has 1 N–H and O–H groups in total. The monoisotopic (exact) mass is 296 g/mol. The number of aromatic nitrogens is 1. The molecule has 1 aliphatic heterocycles. The van der Waals surface area contributed by atoms with Crippen LogP contribution in [0.2, 0.25) is 0 Å². The van der Waals surface area contributed by atoms with Crippen LogP contribution in [0.3, 0.4) is 0 Å². The summed E-state index contributed by atoms with van der Waals surface area (Å²) in [6.07, 6.45) is 7.24. The van der Waals surface area contributed by atoms with E-state index in [9.17, 15) is 0 Å². The number of halogens is 1. The molecule has 2 atom stereocenters. The van der Waals surface area contributed by atoms with E-state index in [0.717, 1.165) is 35.7 Å². The predicted octanol–water partition coefficient (Wildman–Crippen LogP) is 3.21. The van der Waals surface area contributed by atoms with Crippen molar-refractivity contribution in [3.63, 3.8) is 0 Å². The number of hydrogen-bond donors (Lipinski definition) is 1. The van der Waals surface area contributed by atoms with Crippen LogP contribution in [0.15, 0.2) is 22.8 Å². The van der Waals surface area contributed by atoms with E-state index in [1.165, 1.54) is 12.8 Å². The summed E-state index contributed by atoms with van der Waals surface area (Å²) in [4.78, 5) is 4.36. The van der Waals surface area contributed by atoms with Crippen LogP contribution in [-0.2, 0) is 4.74 Å². The minimum absolute atomic E-state index is 0.483. The van der Waals surface area contributed by atoms with Crippen molar-refractivity contribution in [3.8, 4) is 0 Å². The lowest BCUT2D eigenvalue weighted by Crippen LogP contribution is -2.35. The standard InChI is InChI=1S/C13H17BrN2O/c14-10-3-4-13(15-8-10)16-11-5-6-17-12(7-11)9-1-2-9/h3-4,8-9,11-12H,1-2,5-7H2,(H,15,16). The van der Waals surface area contributed by atoms with Gasteiger partial charge in [0.1, 0.15) is 5.82 Å². The highest BCUT2D eigenvalue weighted by Gasteiger charge is 2.35. The summed E-state index contributed by atoms with van der Waals surface area (Å²) in [5.41, 5.74) is 0. The van der Waals surface area contributed by atoms with E-state index in [4.69, 9.17) is 4.74 Å². The number of nitrogens with one attached hydrogen (secondary N) is 1. The van der Waals surface area contributed by atoms with Crippen molar-refractivity contribution in [3.05, 3.63) is 22.8 Å². The van der Waals surface area contributed by atoms with Gasteiger partial charge in [0.05, 0.1) is 6.10 Å². The largest absolute Gasteiger partial charge is 0.378 e. The molecule has 4 heteroatoms. The van der Waals surface area contributed by atoms with Crippen LogP contribution in [0.1, 0.15) is 25.7 Å². The summed E-state index contributed by atoms with van der Waals surface area (Å²) in [6, 6.07) is 4.56. The van der Waals surface area contributed by atoms with Gasteiger partial charge in [0.15, 0.2) is 0 Å². The average Bonchev–Trinajstić information content (AvgIpc) is 3.17. The molecule has 1 aromatic rings. The van der Waals surface area contributed by atoms with E-state index >= 15 is 0 Å². The summed E-state index contributed by atoms with van der Waals surface area (Å²) in [6.45, 7) is 0.884. The third kappa shape index (κ3) is 2.99. The van der Waals surface area contributed by atoms with Gasteiger partial charge in [-0.3, -0.25) is 0 Å². The lowest BCUT2D eigenvalue weighted by Gasteiger charge is -2.30. The zero-order chi connectivity index (χ0) is 11.7. The van der Waals surface area contributed by atoms with E-state index < -0.39 is 0 Å². The molecule has 1 saturated heterocycles. The van der Waals surface area contributed by atoms with Crippen LogP contribution >= 0.6 is 15.9 Å². The third-order valence-electron chi connectivity index (χ3n) is 3.54. The first-order chi connectivity index (χ1) is 8.31. The van der Waals surface area contributed by atoms with E-state index in [1.54, 1.807) is 0 Å². The number of hydrogen-bond acceptors (Lipinski definition) is 3. The Morgan fingerprint density at radius 1 is 1.29 bits per heavy atom. The summed E-state index contributed by atoms with van der Waals surface area (Å²) < 4.78 is 6.84. The number of rotatable bonds is 3. The first kappa shape index (κ1) is 11.5. The molecule has 1 aliphatic carbocycles. The van der Waals surface area contributed by atoms with Crippen molar-refractivity contribution in [2.45, 2.75) is 37.8 Å². The molecule has 0 amide bonds. The molecule has 3 nitrogen and oxygen atoms in total. The second kappa shape index (κ2) is 4.94. The fourth-order valence-electron chi connectivity index (χ4n) is 2.43. The third-order valence-corrected chi connectivity index (χ3v) is 4.01. The fraction of sp³-hybridized carbons (Fsp3) is 0.615. The molecule has 0 spiro atoms. The molecule has 2 heterocycles. The maximum atomic E-state index is 5.82. The smallest absolute Gasteiger partial charge is 0.126 e. The lowest BCUT2D eigenvalue weighted by atomic mass is 10.00. The van der Waals surface area contributed by atoms with Gasteiger partial charge in [-0.05, 0) is 59.7 Å². The molecule has 0 bridgehead atoms. The predicted molar refractivity (Wildman–Crippen MR) is 71.0 cm³/mol. The Bertz CT molecular complexity index is 378. The molecule has 0 aromatic carbocycles. The minimum Gasteiger partial charge on any atom is -0.378 e. The van der Waals surface area contributed by atoms with E-state index in [1.807, 2.05) is 18.3 Å². The van der Waals surface area contributed by atoms with E-state index in [2.05, 4.69) is 26.2 Å². The Labute approximate surface area is 110 Å². The summed E-state index contributed by atoms with van der Waals surface area (Å²) >= 11 is 3.40. The van der Waals surface area contributed by atoms with E-state index in [-0.39, 0.29) is 0 Å². The Balaban J connectivity index is 1.58. The molecule has 1 aromatic heterocycles. The molecule has 0 radical (unpaired) electrons. The number of pyridine rings is 1.